The van der Waals surface area contributed by atoms with Crippen molar-refractivity contribution in [1.82, 2.24) is 9.55 Å². The number of hydrogen-bond acceptors (Lipinski definition) is 3. The van der Waals surface area contributed by atoms with Crippen molar-refractivity contribution in [3.05, 3.63) is 86.5 Å². The van der Waals surface area contributed by atoms with E-state index in [9.17, 15) is 5.11 Å². The van der Waals surface area contributed by atoms with Crippen LogP contribution in [0.2, 0.25) is 10.0 Å². The molecule has 0 aliphatic rings. The van der Waals surface area contributed by atoms with Gasteiger partial charge in [0.15, 0.2) is 0 Å². The molecule has 8 heteroatoms. The minimum Gasteiger partial charge on any atom is -0.494 e. The van der Waals surface area contributed by atoms with Crippen LogP contribution in [0.1, 0.15) is 11.3 Å². The molecule has 0 saturated carbocycles. The third-order valence-electron chi connectivity index (χ3n) is 4.76. The Bertz CT molecular complexity index is 1280. The SMILES string of the molecule is Cc1nc2cn(-c3ccccc3)c(O)c2c(-c2ccc(Cl)cc2Cl)c1CN=[N+]=[N-]. The highest BCUT2D eigenvalue weighted by molar-refractivity contribution is 6.36. The van der Waals surface area contributed by atoms with Gasteiger partial charge in [0.25, 0.3) is 0 Å². The summed E-state index contributed by atoms with van der Waals surface area (Å²) in [6.45, 7) is 1.92. The molecule has 144 valence electrons. The second-order valence-corrected chi connectivity index (χ2v) is 7.33. The van der Waals surface area contributed by atoms with Gasteiger partial charge in [-0.25, -0.2) is 0 Å². The molecular weight excluding hydrogens is 409 g/mol. The van der Waals surface area contributed by atoms with Crippen LogP contribution in [0.25, 0.3) is 38.2 Å². The van der Waals surface area contributed by atoms with E-state index >= 15 is 0 Å². The lowest BCUT2D eigenvalue weighted by Crippen LogP contribution is -1.97. The molecule has 0 aliphatic carbocycles. The first-order chi connectivity index (χ1) is 14.0. The second kappa shape index (κ2) is 7.68. The van der Waals surface area contributed by atoms with Crippen LogP contribution >= 0.6 is 23.2 Å². The quantitative estimate of drug-likeness (QED) is 0.221. The van der Waals surface area contributed by atoms with Gasteiger partial charge in [-0.15, -0.1) is 0 Å². The maximum Gasteiger partial charge on any atom is 0.206 e. The van der Waals surface area contributed by atoms with E-state index in [0.717, 1.165) is 5.69 Å². The molecular formula is C21H15Cl2N5O. The van der Waals surface area contributed by atoms with Crippen LogP contribution in [0.15, 0.2) is 59.8 Å². The summed E-state index contributed by atoms with van der Waals surface area (Å²) in [7, 11) is 0. The van der Waals surface area contributed by atoms with Crippen molar-refractivity contribution < 1.29 is 5.11 Å². The van der Waals surface area contributed by atoms with Gasteiger partial charge >= 0.3 is 0 Å². The summed E-state index contributed by atoms with van der Waals surface area (Å²) in [6.07, 6.45) is 1.78. The Morgan fingerprint density at radius 3 is 2.62 bits per heavy atom. The molecule has 0 bridgehead atoms. The van der Waals surface area contributed by atoms with Crippen molar-refractivity contribution in [1.29, 1.82) is 0 Å². The highest BCUT2D eigenvalue weighted by atomic mass is 35.5. The van der Waals surface area contributed by atoms with E-state index in [1.165, 1.54) is 0 Å². The molecule has 0 unspecified atom stereocenters. The monoisotopic (exact) mass is 423 g/mol. The Balaban J connectivity index is 2.11. The van der Waals surface area contributed by atoms with Gasteiger partial charge in [-0.05, 0) is 42.3 Å². The van der Waals surface area contributed by atoms with Crippen LogP contribution in [0, 0.1) is 6.92 Å². The van der Waals surface area contributed by atoms with Gasteiger partial charge in [0, 0.05) is 43.7 Å². The predicted molar refractivity (Wildman–Crippen MR) is 116 cm³/mol. The first-order valence-electron chi connectivity index (χ1n) is 8.76. The van der Waals surface area contributed by atoms with E-state index in [1.807, 2.05) is 37.3 Å². The minimum absolute atomic E-state index is 0.0295. The summed E-state index contributed by atoms with van der Waals surface area (Å²) in [5.74, 6) is 0.0295. The number of nitrogens with zero attached hydrogens (tertiary/aromatic N) is 5. The number of aromatic hydroxyl groups is 1. The largest absolute Gasteiger partial charge is 0.494 e. The highest BCUT2D eigenvalue weighted by Crippen LogP contribution is 2.43. The van der Waals surface area contributed by atoms with Crippen molar-refractivity contribution in [3.8, 4) is 22.7 Å². The molecule has 1 N–H and O–H groups in total. The zero-order valence-electron chi connectivity index (χ0n) is 15.3. The van der Waals surface area contributed by atoms with Crippen LogP contribution in [-0.2, 0) is 6.54 Å². The molecule has 0 amide bonds. The lowest BCUT2D eigenvalue weighted by molar-refractivity contribution is 0.448. The fourth-order valence-corrected chi connectivity index (χ4v) is 3.96. The molecule has 6 nitrogen and oxygen atoms in total. The molecule has 0 spiro atoms. The van der Waals surface area contributed by atoms with E-state index in [-0.39, 0.29) is 12.4 Å². The highest BCUT2D eigenvalue weighted by Gasteiger charge is 2.22. The third kappa shape index (κ3) is 3.38. The van der Waals surface area contributed by atoms with E-state index in [2.05, 4.69) is 15.0 Å². The first kappa shape index (κ1) is 19.2. The summed E-state index contributed by atoms with van der Waals surface area (Å²) in [4.78, 5) is 7.51. The standard InChI is InChI=1S/C21H15Cl2N5O/c1-12-16(10-25-27-24)19(15-8-7-13(22)9-17(15)23)20-18(26-12)11-28(21(20)29)14-5-3-2-4-6-14/h2-9,11,29H,10H2,1H3. The number of halogens is 2. The maximum absolute atomic E-state index is 11.1. The Labute approximate surface area is 176 Å². The first-order valence-corrected chi connectivity index (χ1v) is 9.52. The lowest BCUT2D eigenvalue weighted by Gasteiger charge is -2.14. The van der Waals surface area contributed by atoms with Crippen LogP contribution in [-0.4, -0.2) is 14.7 Å². The predicted octanol–water partition coefficient (Wildman–Crippen LogP) is 6.82. The second-order valence-electron chi connectivity index (χ2n) is 6.48. The van der Waals surface area contributed by atoms with Gasteiger partial charge in [-0.3, -0.25) is 9.55 Å². The number of pyridine rings is 1. The third-order valence-corrected chi connectivity index (χ3v) is 5.31. The zero-order valence-corrected chi connectivity index (χ0v) is 16.9. The fourth-order valence-electron chi connectivity index (χ4n) is 3.46. The summed E-state index contributed by atoms with van der Waals surface area (Å²) in [5.41, 5.74) is 13.0. The van der Waals surface area contributed by atoms with E-state index in [0.29, 0.717) is 43.3 Å². The Kier molecular flexibility index (Phi) is 5.07. The van der Waals surface area contributed by atoms with Crippen molar-refractivity contribution in [2.75, 3.05) is 0 Å². The van der Waals surface area contributed by atoms with Gasteiger partial charge in [-0.2, -0.15) is 0 Å². The van der Waals surface area contributed by atoms with E-state index in [1.54, 1.807) is 29.0 Å². The molecule has 2 aromatic heterocycles. The Hall–Kier alpha value is -3.18. The van der Waals surface area contributed by atoms with Gasteiger partial charge in [0.05, 0.1) is 17.4 Å². The number of benzene rings is 2. The molecule has 29 heavy (non-hydrogen) atoms. The summed E-state index contributed by atoms with van der Waals surface area (Å²) < 4.78 is 1.67. The number of para-hydroxylation sites is 1. The molecule has 0 atom stereocenters. The van der Waals surface area contributed by atoms with Gasteiger partial charge < -0.3 is 5.11 Å². The average Bonchev–Trinajstić information content (AvgIpc) is 3.03. The Morgan fingerprint density at radius 2 is 1.93 bits per heavy atom. The number of rotatable bonds is 4. The van der Waals surface area contributed by atoms with Crippen molar-refractivity contribution in [2.45, 2.75) is 13.5 Å². The number of hydrogen-bond donors (Lipinski definition) is 1. The molecule has 2 aromatic carbocycles. The maximum atomic E-state index is 11.1. The molecule has 4 aromatic rings. The molecule has 0 radical (unpaired) electrons. The zero-order chi connectivity index (χ0) is 20.5. The van der Waals surface area contributed by atoms with Crippen molar-refractivity contribution in [2.24, 2.45) is 5.11 Å². The van der Waals surface area contributed by atoms with Crippen LogP contribution in [0.3, 0.4) is 0 Å². The number of aromatic nitrogens is 2. The summed E-state index contributed by atoms with van der Waals surface area (Å²) in [5, 5.41) is 16.3. The number of azide groups is 1. The smallest absolute Gasteiger partial charge is 0.206 e. The molecule has 2 heterocycles. The van der Waals surface area contributed by atoms with Gasteiger partial charge in [0.1, 0.15) is 0 Å². The summed E-state index contributed by atoms with van der Waals surface area (Å²) >= 11 is 12.6. The fraction of sp³-hybridized carbons (Fsp3) is 0.0952. The Morgan fingerprint density at radius 1 is 1.17 bits per heavy atom. The molecule has 4 rings (SSSR count). The minimum atomic E-state index is 0.0295. The average molecular weight is 424 g/mol. The normalized spacial score (nSPS) is 10.9. The molecule has 0 aliphatic heterocycles. The van der Waals surface area contributed by atoms with Crippen LogP contribution in [0.4, 0.5) is 0 Å². The van der Waals surface area contributed by atoms with Crippen LogP contribution in [0.5, 0.6) is 5.88 Å². The number of fused-ring (bicyclic) bond motifs is 1. The number of aryl methyl sites for hydroxylation is 1. The molecule has 0 fully saturated rings. The molecule has 0 saturated heterocycles. The van der Waals surface area contributed by atoms with Gasteiger partial charge in [-0.1, -0.05) is 52.6 Å². The van der Waals surface area contributed by atoms with Gasteiger partial charge in [0.2, 0.25) is 5.88 Å². The lowest BCUT2D eigenvalue weighted by atomic mass is 9.95. The summed E-state index contributed by atoms with van der Waals surface area (Å²) in [6, 6.07) is 14.6. The topological polar surface area (TPSA) is 86.8 Å². The van der Waals surface area contributed by atoms with E-state index in [4.69, 9.17) is 28.7 Å². The van der Waals surface area contributed by atoms with Crippen molar-refractivity contribution >= 4 is 34.1 Å². The van der Waals surface area contributed by atoms with Crippen molar-refractivity contribution in [3.63, 3.8) is 0 Å². The van der Waals surface area contributed by atoms with Crippen LogP contribution < -0.4 is 0 Å². The van der Waals surface area contributed by atoms with E-state index < -0.39 is 0 Å².